The quantitative estimate of drug-likeness (QED) is 0.308. The Bertz CT molecular complexity index is 1160. The van der Waals surface area contributed by atoms with Crippen LogP contribution in [-0.4, -0.2) is 36.8 Å². The van der Waals surface area contributed by atoms with Crippen molar-refractivity contribution >= 4 is 28.6 Å². The van der Waals surface area contributed by atoms with Crippen molar-refractivity contribution in [2.75, 3.05) is 12.9 Å². The molecule has 8 heteroatoms. The maximum atomic E-state index is 13.1. The molecule has 0 aliphatic carbocycles. The largest absolute Gasteiger partial charge is 0.490 e. The van der Waals surface area contributed by atoms with E-state index in [1.807, 2.05) is 30.5 Å². The molecule has 7 nitrogen and oxygen atoms in total. The lowest BCUT2D eigenvalue weighted by Gasteiger charge is -2.11. The van der Waals surface area contributed by atoms with E-state index in [1.54, 1.807) is 33.6 Å². The summed E-state index contributed by atoms with van der Waals surface area (Å²) >= 11 is 1.42. The Morgan fingerprint density at radius 3 is 2.81 bits per heavy atom. The smallest absolute Gasteiger partial charge is 0.270 e. The van der Waals surface area contributed by atoms with Gasteiger partial charge in [-0.05, 0) is 30.5 Å². The zero-order valence-electron chi connectivity index (χ0n) is 14.0. The van der Waals surface area contributed by atoms with Crippen molar-refractivity contribution in [1.29, 1.82) is 0 Å². The second-order valence-electron chi connectivity index (χ2n) is 5.43. The molecule has 3 aromatic heterocycles. The van der Waals surface area contributed by atoms with E-state index in [1.165, 1.54) is 11.8 Å². The molecule has 0 unspecified atom stereocenters. The van der Waals surface area contributed by atoms with Gasteiger partial charge in [0, 0.05) is 18.6 Å². The van der Waals surface area contributed by atoms with E-state index < -0.39 is 0 Å². The summed E-state index contributed by atoms with van der Waals surface area (Å²) in [7, 11) is 0. The number of nitrogens with zero attached hydrogens (tertiary/aromatic N) is 5. The zero-order valence-corrected chi connectivity index (χ0v) is 14.8. The molecule has 4 rings (SSSR count). The lowest BCUT2D eigenvalue weighted by molar-refractivity contribution is 0.363. The lowest BCUT2D eigenvalue weighted by atomic mass is 10.3. The molecule has 0 amide bonds. The van der Waals surface area contributed by atoms with E-state index in [0.29, 0.717) is 40.0 Å². The molecule has 0 atom stereocenters. The highest BCUT2D eigenvalue weighted by atomic mass is 32.2. The van der Waals surface area contributed by atoms with Gasteiger partial charge < -0.3 is 4.74 Å². The van der Waals surface area contributed by atoms with Crippen molar-refractivity contribution in [3.63, 3.8) is 0 Å². The number of thioether (sulfide) groups is 1. The molecule has 1 aromatic carbocycles. The first kappa shape index (κ1) is 16.3. The second-order valence-corrected chi connectivity index (χ2v) is 6.20. The summed E-state index contributed by atoms with van der Waals surface area (Å²) in [5.41, 5.74) is 1.02. The molecule has 3 heterocycles. The number of benzene rings is 1. The molecule has 0 fully saturated rings. The molecule has 130 valence electrons. The number of fused-ring (bicyclic) bond motifs is 3. The van der Waals surface area contributed by atoms with Crippen molar-refractivity contribution in [1.82, 2.24) is 23.9 Å². The van der Waals surface area contributed by atoms with E-state index in [4.69, 9.17) is 4.74 Å². The lowest BCUT2D eigenvalue weighted by Crippen LogP contribution is -2.22. The minimum absolute atomic E-state index is 0.217. The number of aromatic nitrogens is 5. The Hall–Kier alpha value is -3.13. The predicted octanol–water partition coefficient (Wildman–Crippen LogP) is 2.72. The Morgan fingerprint density at radius 1 is 1.27 bits per heavy atom. The summed E-state index contributed by atoms with van der Waals surface area (Å²) in [4.78, 5) is 26.1. The molecule has 4 aromatic rings. The van der Waals surface area contributed by atoms with Crippen molar-refractivity contribution in [2.24, 2.45) is 0 Å². The Balaban J connectivity index is 1.94. The molecular weight excluding hydrogens is 350 g/mol. The van der Waals surface area contributed by atoms with E-state index in [0.717, 1.165) is 0 Å². The van der Waals surface area contributed by atoms with Crippen LogP contribution in [0.4, 0.5) is 0 Å². The summed E-state index contributed by atoms with van der Waals surface area (Å²) < 4.78 is 8.83. The SMILES string of the molecule is C=CCOc1ccc(-n2c(=O)c3cnc(SC)nc3n3ccnc23)cc1. The van der Waals surface area contributed by atoms with Gasteiger partial charge in [0.25, 0.3) is 5.56 Å². The molecule has 0 aliphatic heterocycles. The number of imidazole rings is 1. The molecule has 0 radical (unpaired) electrons. The van der Waals surface area contributed by atoms with Gasteiger partial charge in [0.15, 0.2) is 10.8 Å². The highest BCUT2D eigenvalue weighted by molar-refractivity contribution is 7.98. The maximum absolute atomic E-state index is 13.1. The molecule has 0 saturated carbocycles. The minimum atomic E-state index is -0.217. The maximum Gasteiger partial charge on any atom is 0.270 e. The minimum Gasteiger partial charge on any atom is -0.490 e. The molecule has 0 saturated heterocycles. The van der Waals surface area contributed by atoms with Gasteiger partial charge in [0.1, 0.15) is 17.7 Å². The van der Waals surface area contributed by atoms with Crippen LogP contribution in [0.2, 0.25) is 0 Å². The van der Waals surface area contributed by atoms with Crippen LogP contribution < -0.4 is 10.3 Å². The molecule has 26 heavy (non-hydrogen) atoms. The number of hydrogen-bond donors (Lipinski definition) is 0. The van der Waals surface area contributed by atoms with Gasteiger partial charge in [-0.2, -0.15) is 0 Å². The second kappa shape index (κ2) is 6.64. The molecule has 0 aliphatic rings. The normalized spacial score (nSPS) is 11.1. The Labute approximate surface area is 153 Å². The van der Waals surface area contributed by atoms with Gasteiger partial charge in [-0.25, -0.2) is 19.5 Å². The van der Waals surface area contributed by atoms with Crippen LogP contribution in [0.1, 0.15) is 0 Å². The van der Waals surface area contributed by atoms with Gasteiger partial charge in [0.05, 0.1) is 5.69 Å². The summed E-state index contributed by atoms with van der Waals surface area (Å²) in [6.07, 6.45) is 8.57. The van der Waals surface area contributed by atoms with Gasteiger partial charge in [0.2, 0.25) is 5.78 Å². The monoisotopic (exact) mass is 365 g/mol. The number of ether oxygens (including phenoxy) is 1. The van der Waals surface area contributed by atoms with Crippen LogP contribution in [0.25, 0.3) is 22.5 Å². The van der Waals surface area contributed by atoms with Gasteiger partial charge in [-0.15, -0.1) is 0 Å². The topological polar surface area (TPSA) is 74.3 Å². The van der Waals surface area contributed by atoms with Gasteiger partial charge >= 0.3 is 0 Å². The Morgan fingerprint density at radius 2 is 2.08 bits per heavy atom. The zero-order chi connectivity index (χ0) is 18.1. The van der Waals surface area contributed by atoms with E-state index in [-0.39, 0.29) is 5.56 Å². The van der Waals surface area contributed by atoms with Crippen molar-refractivity contribution in [3.05, 3.63) is 65.9 Å². The van der Waals surface area contributed by atoms with Crippen molar-refractivity contribution in [2.45, 2.75) is 5.16 Å². The number of rotatable bonds is 5. The third-order valence-electron chi connectivity index (χ3n) is 3.87. The highest BCUT2D eigenvalue weighted by Crippen LogP contribution is 2.19. The van der Waals surface area contributed by atoms with Crippen LogP contribution in [0, 0.1) is 0 Å². The number of hydrogen-bond acceptors (Lipinski definition) is 6. The summed E-state index contributed by atoms with van der Waals surface area (Å²) in [5.74, 6) is 1.20. The standard InChI is InChI=1S/C18H15N5O2S/c1-3-10-25-13-6-4-12(5-7-13)23-16(24)14-11-20-17(26-2)21-15(14)22-9-8-19-18(22)23/h3-9,11H,1,10H2,2H3. The summed E-state index contributed by atoms with van der Waals surface area (Å²) in [6.45, 7) is 4.05. The van der Waals surface area contributed by atoms with E-state index in [9.17, 15) is 4.79 Å². The average molecular weight is 365 g/mol. The van der Waals surface area contributed by atoms with Crippen LogP contribution in [0.3, 0.4) is 0 Å². The fourth-order valence-electron chi connectivity index (χ4n) is 2.71. The highest BCUT2D eigenvalue weighted by Gasteiger charge is 2.15. The van der Waals surface area contributed by atoms with E-state index in [2.05, 4.69) is 21.5 Å². The molecule has 0 spiro atoms. The van der Waals surface area contributed by atoms with Crippen molar-refractivity contribution in [3.8, 4) is 11.4 Å². The van der Waals surface area contributed by atoms with Crippen LogP contribution in [0.5, 0.6) is 5.75 Å². The predicted molar refractivity (Wildman–Crippen MR) is 101 cm³/mol. The summed E-state index contributed by atoms with van der Waals surface area (Å²) in [6, 6.07) is 7.25. The average Bonchev–Trinajstić information content (AvgIpc) is 3.16. The Kier molecular flexibility index (Phi) is 4.18. The third-order valence-corrected chi connectivity index (χ3v) is 4.44. The fraction of sp³-hybridized carbons (Fsp3) is 0.111. The fourth-order valence-corrected chi connectivity index (χ4v) is 3.04. The molecular formula is C18H15N5O2S. The van der Waals surface area contributed by atoms with Crippen LogP contribution in [-0.2, 0) is 0 Å². The van der Waals surface area contributed by atoms with Crippen LogP contribution in [0.15, 0.2) is 65.5 Å². The van der Waals surface area contributed by atoms with Crippen molar-refractivity contribution < 1.29 is 4.74 Å². The first-order valence-corrected chi connectivity index (χ1v) is 9.08. The summed E-state index contributed by atoms with van der Waals surface area (Å²) in [5, 5.41) is 1.04. The molecule has 0 N–H and O–H groups in total. The van der Waals surface area contributed by atoms with E-state index >= 15 is 0 Å². The first-order valence-electron chi connectivity index (χ1n) is 7.86. The van der Waals surface area contributed by atoms with Crippen LogP contribution >= 0.6 is 11.8 Å². The van der Waals surface area contributed by atoms with Gasteiger partial charge in [-0.3, -0.25) is 9.20 Å². The third kappa shape index (κ3) is 2.64. The molecule has 0 bridgehead atoms. The first-order chi connectivity index (χ1) is 12.7. The van der Waals surface area contributed by atoms with Gasteiger partial charge in [-0.1, -0.05) is 24.4 Å².